The molecule has 33 heavy (non-hydrogen) atoms. The first kappa shape index (κ1) is 21.6. The quantitative estimate of drug-likeness (QED) is 0.191. The van der Waals surface area contributed by atoms with Gasteiger partial charge in [0.2, 0.25) is 0 Å². The van der Waals surface area contributed by atoms with Gasteiger partial charge in [0, 0.05) is 17.2 Å². The third-order valence-electron chi connectivity index (χ3n) is 4.95. The number of rotatable bonds is 7. The van der Waals surface area contributed by atoms with Crippen LogP contribution < -0.4 is 15.2 Å². The Kier molecular flexibility index (Phi) is 5.82. The number of phenols is 1. The first-order valence-electron chi connectivity index (χ1n) is 9.91. The first-order chi connectivity index (χ1) is 15.9. The molecule has 0 radical (unpaired) electrons. The van der Waals surface area contributed by atoms with E-state index in [-0.39, 0.29) is 46.9 Å². The molecule has 0 heterocycles. The van der Waals surface area contributed by atoms with Crippen molar-refractivity contribution in [2.45, 2.75) is 0 Å². The van der Waals surface area contributed by atoms with Crippen molar-refractivity contribution in [1.82, 2.24) is 0 Å². The van der Waals surface area contributed by atoms with Gasteiger partial charge in [-0.25, -0.2) is 4.79 Å². The number of carbonyl (C=O) groups is 3. The van der Waals surface area contributed by atoms with Crippen LogP contribution in [0.25, 0.3) is 0 Å². The topological polar surface area (TPSA) is 125 Å². The number of hydrogen-bond donors (Lipinski definition) is 2. The lowest BCUT2D eigenvalue weighted by Gasteiger charge is -2.21. The van der Waals surface area contributed by atoms with Crippen LogP contribution in [-0.2, 0) is 9.53 Å². The van der Waals surface area contributed by atoms with Crippen molar-refractivity contribution >= 4 is 23.2 Å². The summed E-state index contributed by atoms with van der Waals surface area (Å²) in [6, 6.07) is 13.8. The third kappa shape index (κ3) is 4.14. The van der Waals surface area contributed by atoms with E-state index in [2.05, 4.69) is 6.58 Å². The SMILES string of the molecule is C=CCOC(=O)COc1ccc(Oc2cc(O)c3c(c2N)C(=O)c2ccccc2C3=O)cc1. The minimum Gasteiger partial charge on any atom is -0.507 e. The van der Waals surface area contributed by atoms with Gasteiger partial charge in [-0.05, 0) is 24.3 Å². The molecule has 0 aromatic heterocycles. The van der Waals surface area contributed by atoms with E-state index in [1.807, 2.05) is 0 Å². The molecule has 3 aromatic rings. The largest absolute Gasteiger partial charge is 0.507 e. The molecule has 3 aromatic carbocycles. The van der Waals surface area contributed by atoms with Crippen LogP contribution in [0.5, 0.6) is 23.0 Å². The highest BCUT2D eigenvalue weighted by Crippen LogP contribution is 2.42. The van der Waals surface area contributed by atoms with E-state index in [1.165, 1.54) is 24.3 Å². The molecule has 0 saturated heterocycles. The predicted octanol–water partition coefficient (Wildman–Crippen LogP) is 3.65. The number of nitrogen functional groups attached to an aromatic ring is 1. The number of anilines is 1. The lowest BCUT2D eigenvalue weighted by molar-refractivity contribution is -0.144. The van der Waals surface area contributed by atoms with Gasteiger partial charge in [0.05, 0.1) is 16.8 Å². The lowest BCUT2D eigenvalue weighted by atomic mass is 9.82. The van der Waals surface area contributed by atoms with E-state index < -0.39 is 23.3 Å². The summed E-state index contributed by atoms with van der Waals surface area (Å²) in [5.41, 5.74) is 6.33. The molecule has 0 spiro atoms. The maximum Gasteiger partial charge on any atom is 0.344 e. The van der Waals surface area contributed by atoms with Crippen molar-refractivity contribution < 1.29 is 33.7 Å². The zero-order valence-electron chi connectivity index (χ0n) is 17.4. The second-order valence-electron chi connectivity index (χ2n) is 7.10. The zero-order chi connectivity index (χ0) is 23.5. The summed E-state index contributed by atoms with van der Waals surface area (Å²) in [7, 11) is 0. The average molecular weight is 445 g/mol. The van der Waals surface area contributed by atoms with Crippen LogP contribution >= 0.6 is 0 Å². The minimum atomic E-state index is -0.534. The fourth-order valence-electron chi connectivity index (χ4n) is 3.43. The summed E-state index contributed by atoms with van der Waals surface area (Å²) in [4.78, 5) is 37.3. The molecular weight excluding hydrogens is 426 g/mol. The van der Waals surface area contributed by atoms with Gasteiger partial charge in [-0.3, -0.25) is 9.59 Å². The van der Waals surface area contributed by atoms with Crippen LogP contribution in [0.15, 0.2) is 67.3 Å². The number of nitrogens with two attached hydrogens (primary N) is 1. The van der Waals surface area contributed by atoms with Gasteiger partial charge in [0.15, 0.2) is 23.9 Å². The van der Waals surface area contributed by atoms with Gasteiger partial charge in [-0.1, -0.05) is 36.9 Å². The maximum absolute atomic E-state index is 13.0. The number of carbonyl (C=O) groups excluding carboxylic acids is 3. The highest BCUT2D eigenvalue weighted by Gasteiger charge is 2.35. The third-order valence-corrected chi connectivity index (χ3v) is 4.95. The Labute approximate surface area is 188 Å². The van der Waals surface area contributed by atoms with Crippen LogP contribution in [0.3, 0.4) is 0 Å². The Balaban J connectivity index is 1.56. The molecule has 3 N–H and O–H groups in total. The molecule has 1 aliphatic rings. The van der Waals surface area contributed by atoms with Gasteiger partial charge in [-0.15, -0.1) is 0 Å². The Bertz CT molecular complexity index is 1280. The van der Waals surface area contributed by atoms with Crippen LogP contribution in [0.2, 0.25) is 0 Å². The summed E-state index contributed by atoms with van der Waals surface area (Å²) < 4.78 is 15.9. The number of hydrogen-bond acceptors (Lipinski definition) is 8. The summed E-state index contributed by atoms with van der Waals surface area (Å²) in [6.45, 7) is 3.29. The smallest absolute Gasteiger partial charge is 0.344 e. The molecule has 0 amide bonds. The summed E-state index contributed by atoms with van der Waals surface area (Å²) in [6.07, 6.45) is 1.45. The maximum atomic E-state index is 13.0. The highest BCUT2D eigenvalue weighted by atomic mass is 16.6. The molecule has 0 saturated carbocycles. The van der Waals surface area contributed by atoms with E-state index in [9.17, 15) is 19.5 Å². The molecule has 0 aliphatic heterocycles. The number of fused-ring (bicyclic) bond motifs is 2. The minimum absolute atomic E-state index is 0.0217. The van der Waals surface area contributed by atoms with Gasteiger partial charge in [-0.2, -0.15) is 0 Å². The number of phenolic OH excluding ortho intramolecular Hbond substituents is 1. The van der Waals surface area contributed by atoms with Crippen molar-refractivity contribution in [1.29, 1.82) is 0 Å². The second kappa shape index (κ2) is 8.88. The Morgan fingerprint density at radius 1 is 0.970 bits per heavy atom. The van der Waals surface area contributed by atoms with Crippen molar-refractivity contribution in [3.8, 4) is 23.0 Å². The molecule has 0 bridgehead atoms. The molecule has 4 rings (SSSR count). The molecule has 0 unspecified atom stereocenters. The van der Waals surface area contributed by atoms with Gasteiger partial charge in [0.1, 0.15) is 23.9 Å². The monoisotopic (exact) mass is 445 g/mol. The van der Waals surface area contributed by atoms with E-state index in [0.29, 0.717) is 11.5 Å². The normalized spacial score (nSPS) is 11.9. The Morgan fingerprint density at radius 3 is 2.21 bits per heavy atom. The summed E-state index contributed by atoms with van der Waals surface area (Å²) >= 11 is 0. The van der Waals surface area contributed by atoms with Gasteiger partial charge >= 0.3 is 5.97 Å². The fraction of sp³-hybridized carbons (Fsp3) is 0.0800. The molecule has 166 valence electrons. The average Bonchev–Trinajstić information content (AvgIpc) is 2.82. The molecule has 0 atom stereocenters. The summed E-state index contributed by atoms with van der Waals surface area (Å²) in [5, 5.41) is 10.5. The van der Waals surface area contributed by atoms with Gasteiger partial charge < -0.3 is 25.1 Å². The molecule has 8 nitrogen and oxygen atoms in total. The first-order valence-corrected chi connectivity index (χ1v) is 9.91. The lowest BCUT2D eigenvalue weighted by Crippen LogP contribution is -2.22. The van der Waals surface area contributed by atoms with Crippen molar-refractivity contribution in [3.63, 3.8) is 0 Å². The number of benzene rings is 3. The second-order valence-corrected chi connectivity index (χ2v) is 7.10. The van der Waals surface area contributed by atoms with Crippen LogP contribution in [-0.4, -0.2) is 35.9 Å². The Hall–Kier alpha value is -4.59. The Morgan fingerprint density at radius 2 is 1.58 bits per heavy atom. The van der Waals surface area contributed by atoms with E-state index in [1.54, 1.807) is 36.4 Å². The van der Waals surface area contributed by atoms with E-state index in [0.717, 1.165) is 0 Å². The van der Waals surface area contributed by atoms with E-state index in [4.69, 9.17) is 19.9 Å². The molecule has 0 fully saturated rings. The molecule has 1 aliphatic carbocycles. The van der Waals surface area contributed by atoms with E-state index >= 15 is 0 Å². The standard InChI is InChI=1S/C25H19NO7/c1-2-11-31-20(28)13-32-14-7-9-15(10-8-14)33-19-12-18(27)21-22(23(19)26)25(30)17-6-4-3-5-16(17)24(21)29/h2-10,12,27H,1,11,13,26H2. The molecule has 8 heteroatoms. The van der Waals surface area contributed by atoms with Crippen molar-refractivity contribution in [2.24, 2.45) is 0 Å². The highest BCUT2D eigenvalue weighted by molar-refractivity contribution is 6.31. The number of esters is 1. The van der Waals surface area contributed by atoms with Crippen LogP contribution in [0.4, 0.5) is 5.69 Å². The van der Waals surface area contributed by atoms with Gasteiger partial charge in [0.25, 0.3) is 0 Å². The number of ketones is 2. The van der Waals surface area contributed by atoms with Crippen LogP contribution in [0, 0.1) is 0 Å². The molecular formula is C25H19NO7. The number of ether oxygens (including phenoxy) is 3. The van der Waals surface area contributed by atoms with Crippen molar-refractivity contribution in [2.75, 3.05) is 18.9 Å². The van der Waals surface area contributed by atoms with Crippen molar-refractivity contribution in [3.05, 3.63) is 89.5 Å². The predicted molar refractivity (Wildman–Crippen MR) is 119 cm³/mol. The summed E-state index contributed by atoms with van der Waals surface area (Å²) in [5.74, 6) is -1.13. The van der Waals surface area contributed by atoms with Crippen LogP contribution in [0.1, 0.15) is 31.8 Å². The number of aromatic hydroxyl groups is 1. The zero-order valence-corrected chi connectivity index (χ0v) is 17.4. The fourth-order valence-corrected chi connectivity index (χ4v) is 3.43.